The molecule has 8 heteroatoms. The molecule has 102 valence electrons. The van der Waals surface area contributed by atoms with Crippen molar-refractivity contribution in [3.63, 3.8) is 0 Å². The fourth-order valence-electron chi connectivity index (χ4n) is 1.71. The van der Waals surface area contributed by atoms with Crippen LogP contribution in [0.25, 0.3) is 0 Å². The minimum absolute atomic E-state index is 0.162. The minimum atomic E-state index is -0.667. The quantitative estimate of drug-likeness (QED) is 0.627. The van der Waals surface area contributed by atoms with Crippen molar-refractivity contribution in [1.82, 2.24) is 9.80 Å². The average Bonchev–Trinajstić information content (AvgIpc) is 2.69. The number of piperazine rings is 1. The molecule has 0 aliphatic carbocycles. The number of halogens is 2. The van der Waals surface area contributed by atoms with Crippen molar-refractivity contribution in [2.75, 3.05) is 26.7 Å². The monoisotopic (exact) mass is 320 g/mol. The molecule has 5 nitrogen and oxygen atoms in total. The van der Waals surface area contributed by atoms with Gasteiger partial charge in [0.15, 0.2) is 5.78 Å². The fourth-order valence-corrected chi connectivity index (χ4v) is 3.21. The molecule has 0 bridgehead atoms. The summed E-state index contributed by atoms with van der Waals surface area (Å²) < 4.78 is 0.706. The van der Waals surface area contributed by atoms with E-state index in [-0.39, 0.29) is 17.9 Å². The summed E-state index contributed by atoms with van der Waals surface area (Å²) >= 11 is 12.7. The lowest BCUT2D eigenvalue weighted by atomic mass is 10.2. The van der Waals surface area contributed by atoms with Gasteiger partial charge in [-0.25, -0.2) is 0 Å². The average molecular weight is 321 g/mol. The lowest BCUT2D eigenvalue weighted by Gasteiger charge is -2.30. The van der Waals surface area contributed by atoms with Crippen LogP contribution < -0.4 is 0 Å². The molecule has 1 saturated heterocycles. The number of hydrogen-bond acceptors (Lipinski definition) is 4. The number of likely N-dealkylation sites (N-methyl/N-ethyl adjacent to an activating group) is 1. The van der Waals surface area contributed by atoms with Gasteiger partial charge in [-0.15, -0.1) is 11.3 Å². The van der Waals surface area contributed by atoms with Crippen molar-refractivity contribution in [1.29, 1.82) is 0 Å². The van der Waals surface area contributed by atoms with Crippen LogP contribution in [0.1, 0.15) is 10.4 Å². The molecule has 2 heterocycles. The Balaban J connectivity index is 2.09. The Morgan fingerprint density at radius 3 is 2.58 bits per heavy atom. The van der Waals surface area contributed by atoms with Gasteiger partial charge in [0.2, 0.25) is 0 Å². The molecule has 0 unspecified atom stereocenters. The zero-order valence-electron chi connectivity index (χ0n) is 9.98. The van der Waals surface area contributed by atoms with Crippen LogP contribution in [-0.4, -0.2) is 54.1 Å². The van der Waals surface area contributed by atoms with E-state index in [1.165, 1.54) is 15.9 Å². The molecule has 0 atom stereocenters. The number of ketones is 1. The highest BCUT2D eigenvalue weighted by Gasteiger charge is 2.32. The minimum Gasteiger partial charge on any atom is -0.336 e. The molecule has 19 heavy (non-hydrogen) atoms. The third-order valence-electron chi connectivity index (χ3n) is 2.81. The molecule has 0 saturated carbocycles. The van der Waals surface area contributed by atoms with Gasteiger partial charge in [-0.05, 0) is 6.07 Å². The maximum atomic E-state index is 12.0. The van der Waals surface area contributed by atoms with Crippen molar-refractivity contribution in [2.24, 2.45) is 0 Å². The molecular weight excluding hydrogens is 311 g/mol. The smallest absolute Gasteiger partial charge is 0.312 e. The first-order valence-electron chi connectivity index (χ1n) is 5.42. The zero-order chi connectivity index (χ0) is 14.2. The second-order valence-corrected chi connectivity index (χ2v) is 6.40. The summed E-state index contributed by atoms with van der Waals surface area (Å²) in [5.74, 6) is -1.59. The van der Waals surface area contributed by atoms with E-state index in [4.69, 9.17) is 23.2 Å². The van der Waals surface area contributed by atoms with Gasteiger partial charge < -0.3 is 9.80 Å². The SMILES string of the molecule is CN1CCN(CC(=O)c2cc(Cl)sc2Cl)C(=O)C1=O. The van der Waals surface area contributed by atoms with Crippen LogP contribution in [0.2, 0.25) is 8.67 Å². The number of hydrogen-bond donors (Lipinski definition) is 0. The van der Waals surface area contributed by atoms with Gasteiger partial charge in [0.05, 0.1) is 16.4 Å². The van der Waals surface area contributed by atoms with E-state index < -0.39 is 11.8 Å². The number of Topliss-reactive ketones (excluding diaryl/α,β-unsaturated/α-hetero) is 1. The molecule has 0 spiro atoms. The van der Waals surface area contributed by atoms with Gasteiger partial charge in [-0.2, -0.15) is 0 Å². The number of rotatable bonds is 3. The molecule has 1 aromatic rings. The number of carbonyl (C=O) groups excluding carboxylic acids is 3. The summed E-state index contributed by atoms with van der Waals surface area (Å²) in [6.45, 7) is 0.587. The molecule has 0 N–H and O–H groups in total. The standard InChI is InChI=1S/C11H10Cl2N2O3S/c1-14-2-3-15(11(18)10(14)17)5-7(16)6-4-8(12)19-9(6)13/h4H,2-3,5H2,1H3. The largest absolute Gasteiger partial charge is 0.336 e. The predicted molar refractivity (Wildman–Crippen MR) is 72.9 cm³/mol. The number of thiophene rings is 1. The van der Waals surface area contributed by atoms with Crippen LogP contribution in [0.5, 0.6) is 0 Å². The predicted octanol–water partition coefficient (Wildman–Crippen LogP) is 1.54. The third kappa shape index (κ3) is 2.91. The van der Waals surface area contributed by atoms with Crippen LogP contribution in [-0.2, 0) is 9.59 Å². The van der Waals surface area contributed by atoms with E-state index >= 15 is 0 Å². The van der Waals surface area contributed by atoms with E-state index in [9.17, 15) is 14.4 Å². The van der Waals surface area contributed by atoms with Crippen LogP contribution in [0.4, 0.5) is 0 Å². The maximum absolute atomic E-state index is 12.0. The maximum Gasteiger partial charge on any atom is 0.312 e. The molecule has 1 aliphatic rings. The number of nitrogens with zero attached hydrogens (tertiary/aromatic N) is 2. The summed E-state index contributed by atoms with van der Waals surface area (Å²) in [5, 5.41) is 0. The highest BCUT2D eigenvalue weighted by Crippen LogP contribution is 2.31. The van der Waals surface area contributed by atoms with Crippen LogP contribution in [0.15, 0.2) is 6.07 Å². The molecule has 1 aromatic heterocycles. The molecule has 2 amide bonds. The van der Waals surface area contributed by atoms with Gasteiger partial charge in [0, 0.05) is 20.1 Å². The first kappa shape index (κ1) is 14.3. The topological polar surface area (TPSA) is 57.7 Å². The lowest BCUT2D eigenvalue weighted by molar-refractivity contribution is -0.154. The van der Waals surface area contributed by atoms with Gasteiger partial charge in [-0.1, -0.05) is 23.2 Å². The van der Waals surface area contributed by atoms with E-state index in [2.05, 4.69) is 0 Å². The van der Waals surface area contributed by atoms with Gasteiger partial charge in [0.25, 0.3) is 0 Å². The molecule has 2 rings (SSSR count). The Morgan fingerprint density at radius 1 is 1.32 bits per heavy atom. The van der Waals surface area contributed by atoms with Gasteiger partial charge in [0.1, 0.15) is 4.34 Å². The highest BCUT2D eigenvalue weighted by atomic mass is 35.5. The summed E-state index contributed by atoms with van der Waals surface area (Å²) in [6.07, 6.45) is 0. The Morgan fingerprint density at radius 2 is 2.00 bits per heavy atom. The van der Waals surface area contributed by atoms with E-state index in [0.29, 0.717) is 21.8 Å². The second-order valence-electron chi connectivity index (χ2n) is 4.11. The molecule has 0 radical (unpaired) electrons. The summed E-state index contributed by atoms with van der Waals surface area (Å²) in [4.78, 5) is 37.8. The second kappa shape index (κ2) is 5.48. The summed E-state index contributed by atoms with van der Waals surface area (Å²) in [7, 11) is 1.55. The molecular formula is C11H10Cl2N2O3S. The van der Waals surface area contributed by atoms with Crippen molar-refractivity contribution < 1.29 is 14.4 Å². The van der Waals surface area contributed by atoms with Crippen LogP contribution in [0.3, 0.4) is 0 Å². The number of amides is 2. The van der Waals surface area contributed by atoms with Crippen molar-refractivity contribution in [3.05, 3.63) is 20.3 Å². The Labute approximate surface area is 123 Å². The number of carbonyl (C=O) groups is 3. The first-order chi connectivity index (χ1) is 8.90. The highest BCUT2D eigenvalue weighted by molar-refractivity contribution is 7.20. The molecule has 1 aliphatic heterocycles. The van der Waals surface area contributed by atoms with Crippen LogP contribution in [0, 0.1) is 0 Å². The zero-order valence-corrected chi connectivity index (χ0v) is 12.3. The van der Waals surface area contributed by atoms with E-state index in [1.807, 2.05) is 0 Å². The third-order valence-corrected chi connectivity index (χ3v) is 4.30. The fraction of sp³-hybridized carbons (Fsp3) is 0.364. The van der Waals surface area contributed by atoms with Crippen LogP contribution >= 0.6 is 34.5 Å². The summed E-state index contributed by atoms with van der Waals surface area (Å²) in [5.41, 5.74) is 0.288. The van der Waals surface area contributed by atoms with Crippen molar-refractivity contribution in [2.45, 2.75) is 0 Å². The Hall–Kier alpha value is -1.11. The Kier molecular flexibility index (Phi) is 4.13. The van der Waals surface area contributed by atoms with E-state index in [1.54, 1.807) is 7.05 Å². The van der Waals surface area contributed by atoms with Gasteiger partial charge in [-0.3, -0.25) is 14.4 Å². The van der Waals surface area contributed by atoms with E-state index in [0.717, 1.165) is 11.3 Å². The van der Waals surface area contributed by atoms with Crippen molar-refractivity contribution >= 4 is 52.1 Å². The lowest BCUT2D eigenvalue weighted by Crippen LogP contribution is -2.53. The molecule has 1 fully saturated rings. The summed E-state index contributed by atoms with van der Waals surface area (Å²) in [6, 6.07) is 1.47. The van der Waals surface area contributed by atoms with Gasteiger partial charge >= 0.3 is 11.8 Å². The molecule has 0 aromatic carbocycles. The normalized spacial score (nSPS) is 16.2. The van der Waals surface area contributed by atoms with Crippen molar-refractivity contribution in [3.8, 4) is 0 Å². The Bertz CT molecular complexity index is 558. The first-order valence-corrected chi connectivity index (χ1v) is 7.00.